The fraction of sp³-hybridized carbons (Fsp3) is 0.300. The Bertz CT molecular complexity index is 753. The van der Waals surface area contributed by atoms with Gasteiger partial charge in [0.2, 0.25) is 0 Å². The Morgan fingerprint density at radius 2 is 1.37 bits per heavy atom. The minimum atomic E-state index is -0.226. The van der Waals surface area contributed by atoms with Gasteiger partial charge in [-0.05, 0) is 36.2 Å². The van der Waals surface area contributed by atoms with Gasteiger partial charge in [0.15, 0.2) is 0 Å². The van der Waals surface area contributed by atoms with Crippen molar-refractivity contribution in [2.75, 3.05) is 27.3 Å². The first-order valence-corrected chi connectivity index (χ1v) is 8.66. The molecule has 27 heavy (non-hydrogen) atoms. The molecule has 2 aromatic carbocycles. The summed E-state index contributed by atoms with van der Waals surface area (Å²) in [4.78, 5) is 24.3. The SMILES string of the molecule is COc1cc(OC)cc(C(=O)NCCCNC(=O)c2ccc(CN)cc2)c1. The van der Waals surface area contributed by atoms with Crippen LogP contribution in [0.4, 0.5) is 0 Å². The minimum Gasteiger partial charge on any atom is -0.497 e. The predicted molar refractivity (Wildman–Crippen MR) is 103 cm³/mol. The highest BCUT2D eigenvalue weighted by molar-refractivity contribution is 5.95. The van der Waals surface area contributed by atoms with E-state index in [2.05, 4.69) is 10.6 Å². The van der Waals surface area contributed by atoms with Gasteiger partial charge in [-0.1, -0.05) is 12.1 Å². The Hall–Kier alpha value is -3.06. The lowest BCUT2D eigenvalue weighted by molar-refractivity contribution is 0.0951. The Morgan fingerprint density at radius 3 is 1.85 bits per heavy atom. The molecule has 4 N–H and O–H groups in total. The van der Waals surface area contributed by atoms with E-state index in [1.54, 1.807) is 30.3 Å². The number of nitrogens with two attached hydrogens (primary N) is 1. The van der Waals surface area contributed by atoms with E-state index in [9.17, 15) is 9.59 Å². The topological polar surface area (TPSA) is 103 Å². The number of methoxy groups -OCH3 is 2. The van der Waals surface area contributed by atoms with E-state index in [0.29, 0.717) is 48.7 Å². The van der Waals surface area contributed by atoms with Crippen molar-refractivity contribution in [3.8, 4) is 11.5 Å². The number of benzene rings is 2. The molecule has 0 bridgehead atoms. The lowest BCUT2D eigenvalue weighted by atomic mass is 10.1. The standard InChI is InChI=1S/C20H25N3O4/c1-26-17-10-16(11-18(12-17)27-2)20(25)23-9-3-8-22-19(24)15-6-4-14(13-21)5-7-15/h4-7,10-12H,3,8-9,13,21H2,1-2H3,(H,22,24)(H,23,25). The summed E-state index contributed by atoms with van der Waals surface area (Å²) in [5.74, 6) is 0.721. The molecule has 0 spiro atoms. The Kier molecular flexibility index (Phi) is 7.63. The van der Waals surface area contributed by atoms with Crippen LogP contribution in [0.15, 0.2) is 42.5 Å². The van der Waals surface area contributed by atoms with Gasteiger partial charge >= 0.3 is 0 Å². The van der Waals surface area contributed by atoms with Crippen LogP contribution in [0.2, 0.25) is 0 Å². The van der Waals surface area contributed by atoms with Gasteiger partial charge in [0.25, 0.3) is 11.8 Å². The third kappa shape index (κ3) is 6.00. The van der Waals surface area contributed by atoms with E-state index >= 15 is 0 Å². The van der Waals surface area contributed by atoms with Gasteiger partial charge in [-0.3, -0.25) is 9.59 Å². The second-order valence-corrected chi connectivity index (χ2v) is 5.87. The average molecular weight is 371 g/mol. The fourth-order valence-corrected chi connectivity index (χ4v) is 2.43. The first kappa shape index (κ1) is 20.3. The van der Waals surface area contributed by atoms with Crippen molar-refractivity contribution < 1.29 is 19.1 Å². The molecule has 0 aromatic heterocycles. The Balaban J connectivity index is 1.76. The molecule has 7 nitrogen and oxygen atoms in total. The van der Waals surface area contributed by atoms with E-state index in [1.165, 1.54) is 14.2 Å². The maximum atomic E-state index is 12.2. The van der Waals surface area contributed by atoms with Crippen LogP contribution in [0, 0.1) is 0 Å². The maximum Gasteiger partial charge on any atom is 0.251 e. The highest BCUT2D eigenvalue weighted by Crippen LogP contribution is 2.22. The monoisotopic (exact) mass is 371 g/mol. The van der Waals surface area contributed by atoms with Crippen molar-refractivity contribution in [2.45, 2.75) is 13.0 Å². The summed E-state index contributed by atoms with van der Waals surface area (Å²) in [5.41, 5.74) is 7.55. The lowest BCUT2D eigenvalue weighted by Gasteiger charge is -2.10. The fourth-order valence-electron chi connectivity index (χ4n) is 2.43. The molecule has 0 fully saturated rings. The molecule has 144 valence electrons. The molecule has 0 saturated carbocycles. The van der Waals surface area contributed by atoms with Crippen LogP contribution in [-0.2, 0) is 6.54 Å². The molecule has 0 atom stereocenters. The number of carbonyl (C=O) groups excluding carboxylic acids is 2. The molecule has 0 saturated heterocycles. The molecule has 2 rings (SSSR count). The van der Waals surface area contributed by atoms with Crippen molar-refractivity contribution in [3.63, 3.8) is 0 Å². The predicted octanol–water partition coefficient (Wildman–Crippen LogP) is 1.71. The van der Waals surface area contributed by atoms with E-state index in [-0.39, 0.29) is 11.8 Å². The molecule has 0 radical (unpaired) electrons. The molecule has 0 aliphatic carbocycles. The van der Waals surface area contributed by atoms with Crippen molar-refractivity contribution >= 4 is 11.8 Å². The van der Waals surface area contributed by atoms with Crippen molar-refractivity contribution in [1.82, 2.24) is 10.6 Å². The third-order valence-corrected chi connectivity index (χ3v) is 3.99. The van der Waals surface area contributed by atoms with Crippen LogP contribution in [0.1, 0.15) is 32.7 Å². The zero-order valence-corrected chi connectivity index (χ0v) is 15.6. The van der Waals surface area contributed by atoms with Crippen molar-refractivity contribution in [3.05, 3.63) is 59.2 Å². The normalized spacial score (nSPS) is 10.2. The number of hydrogen-bond donors (Lipinski definition) is 3. The molecular formula is C20H25N3O4. The van der Waals surface area contributed by atoms with Crippen LogP contribution in [0.25, 0.3) is 0 Å². The second kappa shape index (κ2) is 10.2. The Labute approximate surface area is 158 Å². The van der Waals surface area contributed by atoms with Gasteiger partial charge in [-0.15, -0.1) is 0 Å². The number of amides is 2. The summed E-state index contributed by atoms with van der Waals surface area (Å²) in [6.45, 7) is 1.34. The summed E-state index contributed by atoms with van der Waals surface area (Å²) in [7, 11) is 3.06. The molecule has 2 aromatic rings. The second-order valence-electron chi connectivity index (χ2n) is 5.87. The van der Waals surface area contributed by atoms with Crippen LogP contribution >= 0.6 is 0 Å². The number of rotatable bonds is 9. The zero-order chi connectivity index (χ0) is 19.6. The lowest BCUT2D eigenvalue weighted by Crippen LogP contribution is -2.30. The van der Waals surface area contributed by atoms with Gasteiger partial charge in [-0.2, -0.15) is 0 Å². The number of carbonyl (C=O) groups is 2. The van der Waals surface area contributed by atoms with Crippen LogP contribution in [0.5, 0.6) is 11.5 Å². The molecule has 0 aliphatic rings. The quantitative estimate of drug-likeness (QED) is 0.583. The van der Waals surface area contributed by atoms with E-state index in [4.69, 9.17) is 15.2 Å². The van der Waals surface area contributed by atoms with Gasteiger partial charge in [0, 0.05) is 36.8 Å². The number of nitrogens with one attached hydrogen (secondary N) is 2. The van der Waals surface area contributed by atoms with Gasteiger partial charge in [0.1, 0.15) is 11.5 Å². The highest BCUT2D eigenvalue weighted by Gasteiger charge is 2.10. The smallest absolute Gasteiger partial charge is 0.251 e. The van der Waals surface area contributed by atoms with E-state index in [1.807, 2.05) is 12.1 Å². The summed E-state index contributed by atoms with van der Waals surface area (Å²) in [6.07, 6.45) is 0.611. The van der Waals surface area contributed by atoms with Crippen molar-refractivity contribution in [1.29, 1.82) is 0 Å². The van der Waals surface area contributed by atoms with E-state index < -0.39 is 0 Å². The third-order valence-electron chi connectivity index (χ3n) is 3.99. The number of hydrogen-bond acceptors (Lipinski definition) is 5. The first-order valence-electron chi connectivity index (χ1n) is 8.66. The summed E-state index contributed by atoms with van der Waals surface area (Å²) in [5, 5.41) is 5.64. The van der Waals surface area contributed by atoms with Gasteiger partial charge in [0.05, 0.1) is 14.2 Å². The number of ether oxygens (including phenoxy) is 2. The zero-order valence-electron chi connectivity index (χ0n) is 15.6. The summed E-state index contributed by atoms with van der Waals surface area (Å²) >= 11 is 0. The van der Waals surface area contributed by atoms with Crippen LogP contribution in [0.3, 0.4) is 0 Å². The van der Waals surface area contributed by atoms with Crippen LogP contribution < -0.4 is 25.8 Å². The van der Waals surface area contributed by atoms with Gasteiger partial charge in [-0.25, -0.2) is 0 Å². The first-order chi connectivity index (χ1) is 13.1. The molecule has 0 unspecified atom stereocenters. The summed E-state index contributed by atoms with van der Waals surface area (Å²) in [6, 6.07) is 12.1. The molecular weight excluding hydrogens is 346 g/mol. The summed E-state index contributed by atoms with van der Waals surface area (Å²) < 4.78 is 10.3. The Morgan fingerprint density at radius 1 is 0.852 bits per heavy atom. The van der Waals surface area contributed by atoms with Crippen molar-refractivity contribution in [2.24, 2.45) is 5.73 Å². The molecule has 2 amide bonds. The highest BCUT2D eigenvalue weighted by atomic mass is 16.5. The molecule has 0 aliphatic heterocycles. The molecule has 0 heterocycles. The largest absolute Gasteiger partial charge is 0.497 e. The average Bonchev–Trinajstić information content (AvgIpc) is 2.72. The minimum absolute atomic E-state index is 0.151. The van der Waals surface area contributed by atoms with Gasteiger partial charge < -0.3 is 25.8 Å². The maximum absolute atomic E-state index is 12.2. The molecule has 7 heteroatoms. The van der Waals surface area contributed by atoms with E-state index in [0.717, 1.165) is 5.56 Å². The van der Waals surface area contributed by atoms with Crippen LogP contribution in [-0.4, -0.2) is 39.1 Å².